The van der Waals surface area contributed by atoms with Crippen molar-refractivity contribution in [3.8, 4) is 0 Å². The number of benzene rings is 2. The molecule has 0 aliphatic carbocycles. The van der Waals surface area contributed by atoms with Crippen molar-refractivity contribution in [1.29, 1.82) is 0 Å². The van der Waals surface area contributed by atoms with Gasteiger partial charge in [0.2, 0.25) is 5.91 Å². The molecule has 0 bridgehead atoms. The Morgan fingerprint density at radius 3 is 2.71 bits per heavy atom. The summed E-state index contributed by atoms with van der Waals surface area (Å²) in [5, 5.41) is 6.38. The highest BCUT2D eigenvalue weighted by molar-refractivity contribution is 7.18. The van der Waals surface area contributed by atoms with Crippen LogP contribution in [0.1, 0.15) is 17.5 Å². The van der Waals surface area contributed by atoms with E-state index >= 15 is 0 Å². The van der Waals surface area contributed by atoms with E-state index in [0.29, 0.717) is 11.3 Å². The van der Waals surface area contributed by atoms with Crippen LogP contribution < -0.4 is 10.6 Å². The number of nitrogens with zero attached hydrogens (tertiary/aromatic N) is 2. The SMILES string of the molecule is Cc1nc2ccc(NC(=O)CN3C(=O)NC(C)(c4ccccc4)C3=O)cc2s1. The van der Waals surface area contributed by atoms with Gasteiger partial charge in [0.25, 0.3) is 5.91 Å². The topological polar surface area (TPSA) is 91.4 Å². The number of aromatic nitrogens is 1. The highest BCUT2D eigenvalue weighted by Crippen LogP contribution is 2.29. The molecular formula is C20H18N4O3S. The van der Waals surface area contributed by atoms with Crippen molar-refractivity contribution < 1.29 is 14.4 Å². The second-order valence-electron chi connectivity index (χ2n) is 6.78. The van der Waals surface area contributed by atoms with Crippen LogP contribution in [0.4, 0.5) is 10.5 Å². The van der Waals surface area contributed by atoms with Crippen LogP contribution in [0.25, 0.3) is 10.2 Å². The largest absolute Gasteiger partial charge is 0.325 e. The van der Waals surface area contributed by atoms with Crippen LogP contribution in [0.3, 0.4) is 0 Å². The number of carbonyl (C=O) groups excluding carboxylic acids is 3. The van der Waals surface area contributed by atoms with Crippen LogP contribution in [0.5, 0.6) is 0 Å². The molecule has 1 aromatic heterocycles. The number of hydrogen-bond acceptors (Lipinski definition) is 5. The van der Waals surface area contributed by atoms with Crippen molar-refractivity contribution in [2.75, 3.05) is 11.9 Å². The second kappa shape index (κ2) is 6.72. The lowest BCUT2D eigenvalue weighted by Gasteiger charge is -2.22. The molecule has 0 spiro atoms. The van der Waals surface area contributed by atoms with Crippen LogP contribution >= 0.6 is 11.3 Å². The van der Waals surface area contributed by atoms with Gasteiger partial charge in [0.15, 0.2) is 0 Å². The minimum absolute atomic E-state index is 0.354. The number of thiazole rings is 1. The van der Waals surface area contributed by atoms with Crippen molar-refractivity contribution in [1.82, 2.24) is 15.2 Å². The molecule has 1 atom stereocenters. The summed E-state index contributed by atoms with van der Waals surface area (Å²) in [6.45, 7) is 3.21. The minimum atomic E-state index is -1.18. The number of carbonyl (C=O) groups is 3. The number of amides is 4. The summed E-state index contributed by atoms with van der Waals surface area (Å²) in [4.78, 5) is 43.0. The van der Waals surface area contributed by atoms with E-state index < -0.39 is 23.4 Å². The maximum Gasteiger partial charge on any atom is 0.325 e. The number of nitrogens with one attached hydrogen (secondary N) is 2. The molecule has 3 aromatic rings. The Hall–Kier alpha value is -3.26. The maximum absolute atomic E-state index is 12.9. The molecule has 4 amide bonds. The van der Waals surface area contributed by atoms with Gasteiger partial charge in [0.1, 0.15) is 12.1 Å². The first-order valence-electron chi connectivity index (χ1n) is 8.73. The molecule has 1 saturated heterocycles. The minimum Gasteiger partial charge on any atom is -0.324 e. The summed E-state index contributed by atoms with van der Waals surface area (Å²) in [7, 11) is 0. The van der Waals surface area contributed by atoms with Crippen LogP contribution in [0.15, 0.2) is 48.5 Å². The normalized spacial score (nSPS) is 19.1. The monoisotopic (exact) mass is 394 g/mol. The van der Waals surface area contributed by atoms with Gasteiger partial charge in [0.05, 0.1) is 15.2 Å². The number of fused-ring (bicyclic) bond motifs is 1. The van der Waals surface area contributed by atoms with E-state index in [1.165, 1.54) is 11.3 Å². The fourth-order valence-corrected chi connectivity index (χ4v) is 4.14. The van der Waals surface area contributed by atoms with Crippen molar-refractivity contribution in [2.24, 2.45) is 0 Å². The van der Waals surface area contributed by atoms with Crippen molar-refractivity contribution in [3.63, 3.8) is 0 Å². The zero-order valence-corrected chi connectivity index (χ0v) is 16.2. The third-order valence-electron chi connectivity index (χ3n) is 4.71. The maximum atomic E-state index is 12.9. The average molecular weight is 394 g/mol. The molecule has 1 unspecified atom stereocenters. The summed E-state index contributed by atoms with van der Waals surface area (Å²) in [6.07, 6.45) is 0. The molecule has 142 valence electrons. The Labute approximate surface area is 165 Å². The van der Waals surface area contributed by atoms with Crippen LogP contribution in [0.2, 0.25) is 0 Å². The Kier molecular flexibility index (Phi) is 4.35. The fourth-order valence-electron chi connectivity index (χ4n) is 3.27. The highest BCUT2D eigenvalue weighted by Gasteiger charge is 2.49. The van der Waals surface area contributed by atoms with Gasteiger partial charge in [0, 0.05) is 5.69 Å². The standard InChI is InChI=1S/C20H18N4O3S/c1-12-21-15-9-8-14(10-16(15)28-12)22-17(25)11-24-18(26)20(2,23-19(24)27)13-6-4-3-5-7-13/h3-10H,11H2,1-2H3,(H,22,25)(H,23,27). The van der Waals surface area contributed by atoms with Gasteiger partial charge in [-0.1, -0.05) is 30.3 Å². The fraction of sp³-hybridized carbons (Fsp3) is 0.200. The first-order valence-corrected chi connectivity index (χ1v) is 9.55. The van der Waals surface area contributed by atoms with Gasteiger partial charge in [-0.25, -0.2) is 9.78 Å². The first-order chi connectivity index (χ1) is 13.4. The molecule has 1 aliphatic heterocycles. The van der Waals surface area contributed by atoms with Gasteiger partial charge >= 0.3 is 6.03 Å². The van der Waals surface area contributed by atoms with Crippen LogP contribution in [-0.2, 0) is 15.1 Å². The van der Waals surface area contributed by atoms with Gasteiger partial charge < -0.3 is 10.6 Å². The number of hydrogen-bond donors (Lipinski definition) is 2. The summed E-state index contributed by atoms with van der Waals surface area (Å²) in [6, 6.07) is 13.8. The summed E-state index contributed by atoms with van der Waals surface area (Å²) >= 11 is 1.53. The molecular weight excluding hydrogens is 376 g/mol. The second-order valence-corrected chi connectivity index (χ2v) is 8.01. The molecule has 2 N–H and O–H groups in total. The van der Waals surface area contributed by atoms with Crippen molar-refractivity contribution in [2.45, 2.75) is 19.4 Å². The number of aryl methyl sites for hydroxylation is 1. The molecule has 0 radical (unpaired) electrons. The zero-order valence-electron chi connectivity index (χ0n) is 15.4. The summed E-state index contributed by atoms with van der Waals surface area (Å²) in [5.74, 6) is -0.895. The first kappa shape index (κ1) is 18.1. The molecule has 2 heterocycles. The molecule has 4 rings (SSSR count). The van der Waals surface area contributed by atoms with E-state index in [1.54, 1.807) is 37.3 Å². The summed E-state index contributed by atoms with van der Waals surface area (Å²) < 4.78 is 0.960. The molecule has 1 fully saturated rings. The molecule has 7 nitrogen and oxygen atoms in total. The lowest BCUT2D eigenvalue weighted by Crippen LogP contribution is -2.42. The number of imide groups is 1. The third kappa shape index (κ3) is 3.11. The quantitative estimate of drug-likeness (QED) is 0.666. The molecule has 28 heavy (non-hydrogen) atoms. The highest BCUT2D eigenvalue weighted by atomic mass is 32.1. The molecule has 1 aliphatic rings. The van der Waals surface area contributed by atoms with E-state index in [1.807, 2.05) is 25.1 Å². The predicted molar refractivity (Wildman–Crippen MR) is 107 cm³/mol. The smallest absolute Gasteiger partial charge is 0.324 e. The summed E-state index contributed by atoms with van der Waals surface area (Å²) in [5.41, 5.74) is 0.951. The number of rotatable bonds is 4. The average Bonchev–Trinajstić information content (AvgIpc) is 3.14. The molecule has 8 heteroatoms. The lowest BCUT2D eigenvalue weighted by molar-refractivity contribution is -0.133. The zero-order chi connectivity index (χ0) is 19.9. The van der Waals surface area contributed by atoms with Crippen LogP contribution in [0, 0.1) is 6.92 Å². The molecule has 0 saturated carbocycles. The number of anilines is 1. The van der Waals surface area contributed by atoms with Crippen molar-refractivity contribution in [3.05, 3.63) is 59.1 Å². The van der Waals surface area contributed by atoms with E-state index in [-0.39, 0.29) is 6.54 Å². The van der Waals surface area contributed by atoms with E-state index in [9.17, 15) is 14.4 Å². The Morgan fingerprint density at radius 2 is 1.96 bits per heavy atom. The van der Waals surface area contributed by atoms with Gasteiger partial charge in [-0.2, -0.15) is 0 Å². The van der Waals surface area contributed by atoms with Gasteiger partial charge in [-0.05, 0) is 37.6 Å². The Bertz CT molecular complexity index is 1100. The third-order valence-corrected chi connectivity index (χ3v) is 5.64. The van der Waals surface area contributed by atoms with E-state index in [0.717, 1.165) is 20.1 Å². The predicted octanol–water partition coefficient (Wildman–Crippen LogP) is 3.01. The van der Waals surface area contributed by atoms with Gasteiger partial charge in [-0.3, -0.25) is 14.5 Å². The Balaban J connectivity index is 1.49. The van der Waals surface area contributed by atoms with Crippen molar-refractivity contribution >= 4 is 45.1 Å². The lowest BCUT2D eigenvalue weighted by atomic mass is 9.92. The number of urea groups is 1. The van der Waals surface area contributed by atoms with Crippen LogP contribution in [-0.4, -0.2) is 34.3 Å². The van der Waals surface area contributed by atoms with Gasteiger partial charge in [-0.15, -0.1) is 11.3 Å². The van der Waals surface area contributed by atoms with E-state index in [4.69, 9.17) is 0 Å². The Morgan fingerprint density at radius 1 is 1.21 bits per heavy atom. The molecule has 2 aromatic carbocycles. The van der Waals surface area contributed by atoms with E-state index in [2.05, 4.69) is 15.6 Å².